The van der Waals surface area contributed by atoms with Crippen molar-refractivity contribution >= 4 is 31.6 Å². The summed E-state index contributed by atoms with van der Waals surface area (Å²) in [6, 6.07) is 12.6. The molecule has 2 aliphatic rings. The van der Waals surface area contributed by atoms with Crippen LogP contribution in [0.4, 0.5) is 0 Å². The average Bonchev–Trinajstić information content (AvgIpc) is 3.35. The zero-order valence-electron chi connectivity index (χ0n) is 20.7. The van der Waals surface area contributed by atoms with Crippen LogP contribution in [0.1, 0.15) is 29.2 Å². The van der Waals surface area contributed by atoms with Crippen LogP contribution in [0.5, 0.6) is 0 Å². The summed E-state index contributed by atoms with van der Waals surface area (Å²) in [6.07, 6.45) is 9.19. The van der Waals surface area contributed by atoms with Gasteiger partial charge in [0.15, 0.2) is 0 Å². The lowest BCUT2D eigenvalue weighted by Crippen LogP contribution is -2.47. The Labute approximate surface area is 220 Å². The van der Waals surface area contributed by atoms with Crippen molar-refractivity contribution in [2.24, 2.45) is 0 Å². The van der Waals surface area contributed by atoms with Crippen LogP contribution in [-0.4, -0.2) is 64.6 Å². The Morgan fingerprint density at radius 3 is 2.68 bits per heavy atom. The SMILES string of the molecule is CS(=O)(=O)N1CCN(Cc2ccc3c(c2)CC[C@H](n2cnc4cc(-c5cccnc5)sc4c2=O)C3)CC1. The van der Waals surface area contributed by atoms with Gasteiger partial charge in [-0.3, -0.25) is 19.2 Å². The minimum atomic E-state index is -3.11. The van der Waals surface area contributed by atoms with Crippen molar-refractivity contribution in [1.82, 2.24) is 23.7 Å². The molecule has 0 amide bonds. The molecule has 1 fully saturated rings. The topological polar surface area (TPSA) is 88.4 Å². The van der Waals surface area contributed by atoms with E-state index in [-0.39, 0.29) is 11.6 Å². The first-order valence-corrected chi connectivity index (χ1v) is 15.2. The fourth-order valence-corrected chi connectivity index (χ4v) is 7.30. The maximum Gasteiger partial charge on any atom is 0.271 e. The monoisotopic (exact) mass is 535 g/mol. The van der Waals surface area contributed by atoms with Gasteiger partial charge in [0.25, 0.3) is 5.56 Å². The third kappa shape index (κ3) is 4.98. The second-order valence-electron chi connectivity index (χ2n) is 9.96. The van der Waals surface area contributed by atoms with Crippen molar-refractivity contribution < 1.29 is 8.42 Å². The molecule has 1 atom stereocenters. The van der Waals surface area contributed by atoms with E-state index in [2.05, 4.69) is 33.1 Å². The highest BCUT2D eigenvalue weighted by molar-refractivity contribution is 7.88. The highest BCUT2D eigenvalue weighted by Gasteiger charge is 2.25. The normalized spacial score (nSPS) is 19.2. The number of pyridine rings is 1. The predicted octanol–water partition coefficient (Wildman–Crippen LogP) is 3.33. The largest absolute Gasteiger partial charge is 0.296 e. The number of piperazine rings is 1. The molecule has 0 radical (unpaired) electrons. The lowest BCUT2D eigenvalue weighted by molar-refractivity contribution is 0.182. The maximum absolute atomic E-state index is 13.4. The van der Waals surface area contributed by atoms with Gasteiger partial charge in [0, 0.05) is 61.6 Å². The van der Waals surface area contributed by atoms with Gasteiger partial charge in [-0.1, -0.05) is 24.3 Å². The molecule has 10 heteroatoms. The van der Waals surface area contributed by atoms with E-state index in [1.807, 2.05) is 29.0 Å². The van der Waals surface area contributed by atoms with Crippen LogP contribution in [-0.2, 0) is 29.4 Å². The molecular formula is C27H29N5O3S2. The van der Waals surface area contributed by atoms with Gasteiger partial charge in [-0.05, 0) is 48.1 Å². The first-order valence-electron chi connectivity index (χ1n) is 12.5. The number of benzene rings is 1. The van der Waals surface area contributed by atoms with Gasteiger partial charge in [-0.2, -0.15) is 4.31 Å². The van der Waals surface area contributed by atoms with Crippen LogP contribution in [0.3, 0.4) is 0 Å². The summed E-state index contributed by atoms with van der Waals surface area (Å²) >= 11 is 1.48. The van der Waals surface area contributed by atoms with Gasteiger partial charge in [0.2, 0.25) is 10.0 Å². The maximum atomic E-state index is 13.4. The van der Waals surface area contributed by atoms with Crippen molar-refractivity contribution in [2.75, 3.05) is 32.4 Å². The molecule has 4 aromatic rings. The van der Waals surface area contributed by atoms with Crippen molar-refractivity contribution in [3.05, 3.63) is 82.2 Å². The zero-order chi connectivity index (χ0) is 25.6. The van der Waals surface area contributed by atoms with Gasteiger partial charge in [0.1, 0.15) is 4.70 Å². The second kappa shape index (κ2) is 9.75. The average molecular weight is 536 g/mol. The lowest BCUT2D eigenvalue weighted by atomic mass is 9.87. The number of fused-ring (bicyclic) bond motifs is 2. The number of thiophene rings is 1. The third-order valence-corrected chi connectivity index (χ3v) is 9.95. The summed E-state index contributed by atoms with van der Waals surface area (Å²) < 4.78 is 27.6. The molecule has 3 aromatic heterocycles. The molecule has 0 unspecified atom stereocenters. The van der Waals surface area contributed by atoms with Gasteiger partial charge < -0.3 is 0 Å². The van der Waals surface area contributed by atoms with Crippen LogP contribution in [0.15, 0.2) is 59.9 Å². The van der Waals surface area contributed by atoms with Crippen molar-refractivity contribution in [1.29, 1.82) is 0 Å². The van der Waals surface area contributed by atoms with E-state index in [0.29, 0.717) is 17.8 Å². The smallest absolute Gasteiger partial charge is 0.271 e. The number of hydrogen-bond acceptors (Lipinski definition) is 7. The molecule has 1 aromatic carbocycles. The summed E-state index contributed by atoms with van der Waals surface area (Å²) in [5, 5.41) is 0. The molecule has 0 N–H and O–H groups in total. The highest BCUT2D eigenvalue weighted by Crippen LogP contribution is 2.32. The van der Waals surface area contributed by atoms with Crippen LogP contribution in [0.25, 0.3) is 20.7 Å². The Bertz CT molecular complexity index is 1610. The van der Waals surface area contributed by atoms with E-state index in [4.69, 9.17) is 0 Å². The molecule has 0 saturated carbocycles. The minimum Gasteiger partial charge on any atom is -0.296 e. The molecule has 1 aliphatic heterocycles. The van der Waals surface area contributed by atoms with Gasteiger partial charge in [-0.15, -0.1) is 11.3 Å². The Morgan fingerprint density at radius 2 is 1.92 bits per heavy atom. The van der Waals surface area contributed by atoms with Gasteiger partial charge >= 0.3 is 0 Å². The van der Waals surface area contributed by atoms with Crippen LogP contribution >= 0.6 is 11.3 Å². The van der Waals surface area contributed by atoms with Gasteiger partial charge in [0.05, 0.1) is 18.1 Å². The van der Waals surface area contributed by atoms with E-state index in [1.54, 1.807) is 16.8 Å². The van der Waals surface area contributed by atoms with Crippen LogP contribution in [0.2, 0.25) is 0 Å². The first kappa shape index (κ1) is 24.4. The Kier molecular flexibility index (Phi) is 6.44. The third-order valence-electron chi connectivity index (χ3n) is 7.48. The van der Waals surface area contributed by atoms with E-state index < -0.39 is 10.0 Å². The first-order chi connectivity index (χ1) is 17.8. The van der Waals surface area contributed by atoms with Crippen molar-refractivity contribution in [2.45, 2.75) is 31.8 Å². The van der Waals surface area contributed by atoms with Crippen LogP contribution in [0, 0.1) is 0 Å². The Hall–Kier alpha value is -2.92. The second-order valence-corrected chi connectivity index (χ2v) is 13.0. The summed E-state index contributed by atoms with van der Waals surface area (Å²) in [6.45, 7) is 3.41. The van der Waals surface area contributed by atoms with E-state index in [9.17, 15) is 13.2 Å². The van der Waals surface area contributed by atoms with E-state index in [0.717, 1.165) is 54.9 Å². The quantitative estimate of drug-likeness (QED) is 0.390. The predicted molar refractivity (Wildman–Crippen MR) is 146 cm³/mol. The number of hydrogen-bond donors (Lipinski definition) is 0. The number of rotatable bonds is 5. The lowest BCUT2D eigenvalue weighted by Gasteiger charge is -2.33. The molecule has 0 bridgehead atoms. The summed E-state index contributed by atoms with van der Waals surface area (Å²) in [5.41, 5.74) is 5.66. The molecule has 0 spiro atoms. The standard InChI is InChI=1S/C27H29N5O3S2/c1-37(34,35)31-11-9-30(10-12-31)17-19-4-5-21-14-23(7-6-20(21)13-19)32-18-29-24-15-25(36-26(24)27(32)33)22-3-2-8-28-16-22/h2-5,8,13,15-16,18,23H,6-7,9-12,14,17H2,1H3/t23-/m0/s1. The summed E-state index contributed by atoms with van der Waals surface area (Å²) in [4.78, 5) is 25.6. The highest BCUT2D eigenvalue weighted by atomic mass is 32.2. The number of aromatic nitrogens is 3. The fraction of sp³-hybridized carbons (Fsp3) is 0.370. The minimum absolute atomic E-state index is 0.0310. The van der Waals surface area contributed by atoms with Crippen LogP contribution < -0.4 is 5.56 Å². The summed E-state index contributed by atoms with van der Waals surface area (Å²) in [7, 11) is -3.11. The molecule has 8 nitrogen and oxygen atoms in total. The molecule has 192 valence electrons. The molecule has 37 heavy (non-hydrogen) atoms. The molecule has 1 saturated heterocycles. The summed E-state index contributed by atoms with van der Waals surface area (Å²) in [5.74, 6) is 0. The molecule has 6 rings (SSSR count). The number of sulfonamides is 1. The molecular weight excluding hydrogens is 506 g/mol. The van der Waals surface area contributed by atoms with E-state index in [1.165, 1.54) is 34.3 Å². The van der Waals surface area contributed by atoms with Crippen molar-refractivity contribution in [3.63, 3.8) is 0 Å². The Morgan fingerprint density at radius 1 is 1.08 bits per heavy atom. The van der Waals surface area contributed by atoms with Crippen molar-refractivity contribution in [3.8, 4) is 10.4 Å². The fourth-order valence-electron chi connectivity index (χ4n) is 5.44. The molecule has 4 heterocycles. The zero-order valence-corrected chi connectivity index (χ0v) is 22.3. The van der Waals surface area contributed by atoms with Gasteiger partial charge in [-0.25, -0.2) is 13.4 Å². The number of nitrogens with zero attached hydrogens (tertiary/aromatic N) is 5. The van der Waals surface area contributed by atoms with E-state index >= 15 is 0 Å². The molecule has 1 aliphatic carbocycles. The Balaban J connectivity index is 1.17. The number of aryl methyl sites for hydroxylation is 1.